The van der Waals surface area contributed by atoms with Gasteiger partial charge in [-0.05, 0) is 97.9 Å². The molecule has 0 aliphatic carbocycles. The van der Waals surface area contributed by atoms with Crippen LogP contribution in [-0.2, 0) is 4.79 Å². The third-order valence-corrected chi connectivity index (χ3v) is 6.28. The number of nitrogens with zero attached hydrogens (tertiary/aromatic N) is 1. The maximum atomic E-state index is 13.0. The Morgan fingerprint density at radius 3 is 1.98 bits per heavy atom. The molecule has 210 valence electrons. The standard InChI is InChI=1S/C30H23BrCl2N2O6/c1-2-38-24-10-3-19(4-11-24)29(37)41-27-16-5-21(31)17-20(27)18-34-35-28(36)30(39-25-12-6-22(32)7-13-25)40-26-14-8-23(33)9-15-26/h3-18,30H,2H2,1H3,(H,35,36)/b34-18+. The molecule has 0 aliphatic heterocycles. The molecule has 0 radical (unpaired) electrons. The van der Waals surface area contributed by atoms with E-state index in [1.165, 1.54) is 6.21 Å². The molecule has 0 unspecified atom stereocenters. The van der Waals surface area contributed by atoms with Crippen LogP contribution in [0.15, 0.2) is 101 Å². The van der Waals surface area contributed by atoms with Crippen LogP contribution in [0.3, 0.4) is 0 Å². The Labute approximate surface area is 254 Å². The summed E-state index contributed by atoms with van der Waals surface area (Å²) >= 11 is 15.3. The van der Waals surface area contributed by atoms with E-state index in [9.17, 15) is 9.59 Å². The first-order valence-electron chi connectivity index (χ1n) is 12.2. The van der Waals surface area contributed by atoms with E-state index in [-0.39, 0.29) is 5.75 Å². The van der Waals surface area contributed by atoms with Crippen LogP contribution in [0.2, 0.25) is 10.0 Å². The quantitative estimate of drug-likeness (QED) is 0.0598. The zero-order valence-electron chi connectivity index (χ0n) is 21.6. The van der Waals surface area contributed by atoms with Crippen LogP contribution >= 0.6 is 39.1 Å². The summed E-state index contributed by atoms with van der Waals surface area (Å²) < 4.78 is 23.2. The average Bonchev–Trinajstić information content (AvgIpc) is 2.96. The molecular weight excluding hydrogens is 635 g/mol. The molecule has 4 aromatic carbocycles. The minimum absolute atomic E-state index is 0.233. The lowest BCUT2D eigenvalue weighted by molar-refractivity contribution is -0.140. The normalized spacial score (nSPS) is 10.9. The Morgan fingerprint density at radius 2 is 1.41 bits per heavy atom. The molecule has 4 rings (SSSR count). The monoisotopic (exact) mass is 656 g/mol. The fraction of sp³-hybridized carbons (Fsp3) is 0.100. The van der Waals surface area contributed by atoms with Gasteiger partial charge in [0.15, 0.2) is 0 Å². The molecule has 0 aliphatic rings. The second kappa shape index (κ2) is 14.5. The zero-order valence-corrected chi connectivity index (χ0v) is 24.7. The Kier molecular flexibility index (Phi) is 10.6. The topological polar surface area (TPSA) is 95.5 Å². The number of carbonyl (C=O) groups is 2. The van der Waals surface area contributed by atoms with Crippen molar-refractivity contribution in [2.45, 2.75) is 13.2 Å². The minimum atomic E-state index is -1.41. The first-order valence-corrected chi connectivity index (χ1v) is 13.8. The van der Waals surface area contributed by atoms with Gasteiger partial charge in [0.05, 0.1) is 18.4 Å². The highest BCUT2D eigenvalue weighted by Gasteiger charge is 2.23. The van der Waals surface area contributed by atoms with Gasteiger partial charge in [-0.15, -0.1) is 0 Å². The lowest BCUT2D eigenvalue weighted by Crippen LogP contribution is -2.40. The molecule has 41 heavy (non-hydrogen) atoms. The lowest BCUT2D eigenvalue weighted by atomic mass is 10.2. The maximum absolute atomic E-state index is 13.0. The van der Waals surface area contributed by atoms with E-state index in [4.69, 9.17) is 42.1 Å². The number of halogens is 3. The SMILES string of the molecule is CCOc1ccc(C(=O)Oc2ccc(Br)cc2/C=N/NC(=O)C(Oc2ccc(Cl)cc2)Oc2ccc(Cl)cc2)cc1. The van der Waals surface area contributed by atoms with Crippen molar-refractivity contribution in [3.63, 3.8) is 0 Å². The van der Waals surface area contributed by atoms with Crippen molar-refractivity contribution in [1.82, 2.24) is 5.43 Å². The Hall–Kier alpha value is -4.05. The number of hydrogen-bond acceptors (Lipinski definition) is 7. The molecule has 0 bridgehead atoms. The van der Waals surface area contributed by atoms with Gasteiger partial charge in [0.2, 0.25) is 0 Å². The Balaban J connectivity index is 1.47. The van der Waals surface area contributed by atoms with Crippen LogP contribution in [0.25, 0.3) is 0 Å². The molecular formula is C30H23BrCl2N2O6. The molecule has 0 aromatic heterocycles. The van der Waals surface area contributed by atoms with Crippen molar-refractivity contribution in [1.29, 1.82) is 0 Å². The molecule has 1 amide bonds. The van der Waals surface area contributed by atoms with Crippen molar-refractivity contribution < 1.29 is 28.5 Å². The van der Waals surface area contributed by atoms with Gasteiger partial charge in [-0.25, -0.2) is 10.2 Å². The smallest absolute Gasteiger partial charge is 0.343 e. The van der Waals surface area contributed by atoms with Crippen LogP contribution in [0.4, 0.5) is 0 Å². The van der Waals surface area contributed by atoms with Crippen molar-refractivity contribution in [3.05, 3.63) is 117 Å². The van der Waals surface area contributed by atoms with Gasteiger partial charge < -0.3 is 18.9 Å². The molecule has 1 N–H and O–H groups in total. The Morgan fingerprint density at radius 1 is 0.854 bits per heavy atom. The largest absolute Gasteiger partial charge is 0.494 e. The third-order valence-electron chi connectivity index (χ3n) is 5.28. The summed E-state index contributed by atoms with van der Waals surface area (Å²) in [5.41, 5.74) is 3.17. The van der Waals surface area contributed by atoms with Crippen molar-refractivity contribution in [2.75, 3.05) is 6.61 Å². The van der Waals surface area contributed by atoms with E-state index >= 15 is 0 Å². The van der Waals surface area contributed by atoms with Crippen molar-refractivity contribution >= 4 is 57.2 Å². The maximum Gasteiger partial charge on any atom is 0.343 e. The number of amides is 1. The highest BCUT2D eigenvalue weighted by molar-refractivity contribution is 9.10. The van der Waals surface area contributed by atoms with E-state index < -0.39 is 18.2 Å². The number of hydrogen-bond donors (Lipinski definition) is 1. The van der Waals surface area contributed by atoms with Gasteiger partial charge in [0.1, 0.15) is 23.0 Å². The summed E-state index contributed by atoms with van der Waals surface area (Å²) in [7, 11) is 0. The number of rotatable bonds is 11. The Bertz CT molecular complexity index is 1470. The molecule has 0 saturated carbocycles. The van der Waals surface area contributed by atoms with Crippen molar-refractivity contribution in [2.24, 2.45) is 5.10 Å². The van der Waals surface area contributed by atoms with Gasteiger partial charge in [-0.1, -0.05) is 39.1 Å². The van der Waals surface area contributed by atoms with Crippen LogP contribution < -0.4 is 24.4 Å². The minimum Gasteiger partial charge on any atom is -0.494 e. The van der Waals surface area contributed by atoms with E-state index in [2.05, 4.69) is 26.5 Å². The average molecular weight is 658 g/mol. The number of hydrazone groups is 1. The molecule has 4 aromatic rings. The van der Waals surface area contributed by atoms with Crippen molar-refractivity contribution in [3.8, 4) is 23.0 Å². The molecule has 0 atom stereocenters. The van der Waals surface area contributed by atoms with Gasteiger partial charge in [-0.3, -0.25) is 4.79 Å². The first kappa shape index (κ1) is 29.9. The highest BCUT2D eigenvalue weighted by Crippen LogP contribution is 2.24. The van der Waals surface area contributed by atoms with Crippen LogP contribution in [0, 0.1) is 0 Å². The number of benzene rings is 4. The number of nitrogens with one attached hydrogen (secondary N) is 1. The van der Waals surface area contributed by atoms with Crippen LogP contribution in [-0.4, -0.2) is 31.0 Å². The van der Waals surface area contributed by atoms with Gasteiger partial charge in [-0.2, -0.15) is 5.10 Å². The van der Waals surface area contributed by atoms with E-state index in [0.29, 0.717) is 49.5 Å². The second-order valence-electron chi connectivity index (χ2n) is 8.24. The lowest BCUT2D eigenvalue weighted by Gasteiger charge is -2.19. The molecule has 8 nitrogen and oxygen atoms in total. The zero-order chi connectivity index (χ0) is 29.2. The number of ether oxygens (including phenoxy) is 4. The predicted molar refractivity (Wildman–Crippen MR) is 160 cm³/mol. The van der Waals surface area contributed by atoms with Crippen LogP contribution in [0.1, 0.15) is 22.8 Å². The van der Waals surface area contributed by atoms with E-state index in [1.807, 2.05) is 6.92 Å². The van der Waals surface area contributed by atoms with Crippen LogP contribution in [0.5, 0.6) is 23.0 Å². The first-order chi connectivity index (χ1) is 19.8. The molecule has 11 heteroatoms. The fourth-order valence-corrected chi connectivity index (χ4v) is 3.98. The summed E-state index contributed by atoms with van der Waals surface area (Å²) in [6.45, 7) is 2.39. The third kappa shape index (κ3) is 8.97. The van der Waals surface area contributed by atoms with E-state index in [0.717, 1.165) is 0 Å². The van der Waals surface area contributed by atoms with Gasteiger partial charge in [0.25, 0.3) is 0 Å². The summed E-state index contributed by atoms with van der Waals surface area (Å²) in [6.07, 6.45) is -0.0700. The summed E-state index contributed by atoms with van der Waals surface area (Å²) in [5, 5.41) is 5.05. The molecule has 0 saturated heterocycles. The number of carbonyl (C=O) groups excluding carboxylic acids is 2. The highest BCUT2D eigenvalue weighted by atomic mass is 79.9. The summed E-state index contributed by atoms with van der Waals surface area (Å²) in [4.78, 5) is 25.8. The summed E-state index contributed by atoms with van der Waals surface area (Å²) in [5.74, 6) is 0.313. The van der Waals surface area contributed by atoms with Gasteiger partial charge in [0, 0.05) is 20.1 Å². The van der Waals surface area contributed by atoms with E-state index in [1.54, 1.807) is 91.0 Å². The molecule has 0 heterocycles. The van der Waals surface area contributed by atoms with Gasteiger partial charge >= 0.3 is 18.2 Å². The fourth-order valence-electron chi connectivity index (χ4n) is 3.35. The molecule has 0 spiro atoms. The predicted octanol–water partition coefficient (Wildman–Crippen LogP) is 7.31. The second-order valence-corrected chi connectivity index (χ2v) is 10.0. The number of esters is 1. The summed E-state index contributed by atoms with van der Waals surface area (Å²) in [6, 6.07) is 24.5. The molecule has 0 fully saturated rings.